The molecule has 1 aromatic carbocycles. The fraction of sp³-hybridized carbons (Fsp3) is 0.0909. The molecule has 4 heteroatoms. The maximum absolute atomic E-state index is 11.4. The van der Waals surface area contributed by atoms with Crippen molar-refractivity contribution < 1.29 is 9.59 Å². The Morgan fingerprint density at radius 3 is 2.40 bits per heavy atom. The van der Waals surface area contributed by atoms with Gasteiger partial charge in [-0.3, -0.25) is 9.59 Å². The lowest BCUT2D eigenvalue weighted by molar-refractivity contribution is -0.118. The number of carbonyl (C=O) groups excluding carboxylic acids is 2. The van der Waals surface area contributed by atoms with Gasteiger partial charge in [0.1, 0.15) is 0 Å². The Kier molecular flexibility index (Phi) is 4.06. The molecule has 0 aliphatic rings. The Morgan fingerprint density at radius 1 is 1.33 bits per heavy atom. The first-order chi connectivity index (χ1) is 7.19. The van der Waals surface area contributed by atoms with Gasteiger partial charge in [-0.05, 0) is 37.3 Å². The molecule has 0 aromatic heterocycles. The summed E-state index contributed by atoms with van der Waals surface area (Å²) < 4.78 is 0. The predicted molar refractivity (Wildman–Crippen MR) is 59.8 cm³/mol. The molecule has 3 nitrogen and oxygen atoms in total. The Balaban J connectivity index is 2.97. The van der Waals surface area contributed by atoms with Crippen molar-refractivity contribution in [3.63, 3.8) is 0 Å². The summed E-state index contributed by atoms with van der Waals surface area (Å²) in [6.45, 7) is 1.71. The van der Waals surface area contributed by atoms with E-state index < -0.39 is 0 Å². The molecule has 0 spiro atoms. The van der Waals surface area contributed by atoms with Gasteiger partial charge < -0.3 is 0 Å². The van der Waals surface area contributed by atoms with Crippen LogP contribution in [-0.4, -0.2) is 12.3 Å². The van der Waals surface area contributed by atoms with Crippen molar-refractivity contribution in [1.29, 1.82) is 0 Å². The first kappa shape index (κ1) is 11.5. The monoisotopic (exact) mass is 223 g/mol. The zero-order chi connectivity index (χ0) is 11.3. The quantitative estimate of drug-likeness (QED) is 0.583. The van der Waals surface area contributed by atoms with Gasteiger partial charge in [0, 0.05) is 5.02 Å². The molecule has 0 radical (unpaired) electrons. The minimum atomic E-state index is -0.380. The van der Waals surface area contributed by atoms with Crippen LogP contribution in [0.3, 0.4) is 0 Å². The highest BCUT2D eigenvalue weighted by atomic mass is 35.5. The third kappa shape index (κ3) is 2.92. The van der Waals surface area contributed by atoms with E-state index in [0.717, 1.165) is 4.90 Å². The van der Waals surface area contributed by atoms with Gasteiger partial charge in [-0.2, -0.15) is 0 Å². The second-order valence-corrected chi connectivity index (χ2v) is 3.23. The lowest BCUT2D eigenvalue weighted by Gasteiger charge is -2.12. The number of benzene rings is 1. The molecule has 1 aromatic rings. The number of rotatable bonds is 3. The van der Waals surface area contributed by atoms with Crippen LogP contribution in [0.5, 0.6) is 0 Å². The molecule has 0 fully saturated rings. The maximum Gasteiger partial charge on any atom is 0.257 e. The number of carbonyl (C=O) groups is 2. The number of allylic oxidation sites excluding steroid dienone is 1. The van der Waals surface area contributed by atoms with E-state index >= 15 is 0 Å². The van der Waals surface area contributed by atoms with Crippen molar-refractivity contribution in [3.05, 3.63) is 41.4 Å². The van der Waals surface area contributed by atoms with Gasteiger partial charge in [0.15, 0.2) is 0 Å². The van der Waals surface area contributed by atoms with Crippen molar-refractivity contribution in [2.45, 2.75) is 6.92 Å². The second kappa shape index (κ2) is 5.32. The highest BCUT2D eigenvalue weighted by Gasteiger charge is 2.10. The normalized spacial score (nSPS) is 10.3. The first-order valence-electron chi connectivity index (χ1n) is 4.35. The van der Waals surface area contributed by atoms with E-state index in [4.69, 9.17) is 11.6 Å². The molecule has 15 heavy (non-hydrogen) atoms. The van der Waals surface area contributed by atoms with Gasteiger partial charge in [0.2, 0.25) is 6.41 Å². The molecular formula is C11H10ClNO2. The van der Waals surface area contributed by atoms with Crippen LogP contribution < -0.4 is 4.90 Å². The molecule has 0 aliphatic carbocycles. The molecule has 2 amide bonds. The second-order valence-electron chi connectivity index (χ2n) is 2.79. The maximum atomic E-state index is 11.4. The predicted octanol–water partition coefficient (Wildman–Crippen LogP) is 2.41. The van der Waals surface area contributed by atoms with Gasteiger partial charge in [-0.25, -0.2) is 4.90 Å². The van der Waals surface area contributed by atoms with Gasteiger partial charge in [-0.15, -0.1) is 0 Å². The van der Waals surface area contributed by atoms with Crippen LogP contribution in [-0.2, 0) is 9.59 Å². The third-order valence-electron chi connectivity index (χ3n) is 1.76. The summed E-state index contributed by atoms with van der Waals surface area (Å²) in [4.78, 5) is 23.2. The van der Waals surface area contributed by atoms with E-state index in [1.54, 1.807) is 37.3 Å². The summed E-state index contributed by atoms with van der Waals surface area (Å²) in [6, 6.07) is 6.46. The first-order valence-corrected chi connectivity index (χ1v) is 4.73. The van der Waals surface area contributed by atoms with E-state index in [2.05, 4.69) is 0 Å². The lowest BCUT2D eigenvalue weighted by Crippen LogP contribution is -2.27. The smallest absolute Gasteiger partial charge is 0.257 e. The Bertz CT molecular complexity index is 384. The topological polar surface area (TPSA) is 37.4 Å². The SMILES string of the molecule is C/C=C\C(=O)N(C=O)c1ccc(Cl)cc1. The van der Waals surface area contributed by atoms with Crippen molar-refractivity contribution in [2.24, 2.45) is 0 Å². The van der Waals surface area contributed by atoms with Crippen molar-refractivity contribution in [2.75, 3.05) is 4.90 Å². The van der Waals surface area contributed by atoms with Crippen molar-refractivity contribution >= 4 is 29.6 Å². The van der Waals surface area contributed by atoms with E-state index in [-0.39, 0.29) is 5.91 Å². The molecule has 0 unspecified atom stereocenters. The third-order valence-corrected chi connectivity index (χ3v) is 2.01. The number of amides is 2. The molecule has 0 bridgehead atoms. The number of hydrogen-bond donors (Lipinski definition) is 0. The van der Waals surface area contributed by atoms with E-state index in [9.17, 15) is 9.59 Å². The highest BCUT2D eigenvalue weighted by molar-refractivity contribution is 6.30. The van der Waals surface area contributed by atoms with E-state index in [1.807, 2.05) is 0 Å². The molecule has 0 saturated heterocycles. The largest absolute Gasteiger partial charge is 0.278 e. The summed E-state index contributed by atoms with van der Waals surface area (Å²) >= 11 is 5.69. The number of anilines is 1. The molecular weight excluding hydrogens is 214 g/mol. The number of halogens is 1. The molecule has 0 saturated carbocycles. The van der Waals surface area contributed by atoms with Gasteiger partial charge in [0.25, 0.3) is 5.91 Å². The summed E-state index contributed by atoms with van der Waals surface area (Å²) in [5.41, 5.74) is 0.498. The number of nitrogens with zero attached hydrogens (tertiary/aromatic N) is 1. The minimum Gasteiger partial charge on any atom is -0.278 e. The molecule has 0 heterocycles. The summed E-state index contributed by atoms with van der Waals surface area (Å²) in [7, 11) is 0. The molecule has 0 N–H and O–H groups in total. The Labute approximate surface area is 93.0 Å². The lowest BCUT2D eigenvalue weighted by atomic mass is 10.3. The van der Waals surface area contributed by atoms with Gasteiger partial charge in [-0.1, -0.05) is 17.7 Å². The molecule has 0 atom stereocenters. The average molecular weight is 224 g/mol. The van der Waals surface area contributed by atoms with Gasteiger partial charge >= 0.3 is 0 Å². The number of hydrogen-bond acceptors (Lipinski definition) is 2. The van der Waals surface area contributed by atoms with E-state index in [0.29, 0.717) is 17.1 Å². The fourth-order valence-corrected chi connectivity index (χ4v) is 1.19. The standard InChI is InChI=1S/C11H10ClNO2/c1-2-3-11(15)13(8-14)10-6-4-9(12)5-7-10/h2-8H,1H3/b3-2-. The molecule has 78 valence electrons. The van der Waals surface area contributed by atoms with E-state index in [1.165, 1.54) is 6.08 Å². The molecule has 0 aliphatic heterocycles. The summed E-state index contributed by atoms with van der Waals surface area (Å²) in [6.07, 6.45) is 3.38. The van der Waals surface area contributed by atoms with Crippen LogP contribution in [0, 0.1) is 0 Å². The van der Waals surface area contributed by atoms with Crippen LogP contribution in [0.15, 0.2) is 36.4 Å². The minimum absolute atomic E-state index is 0.380. The fourth-order valence-electron chi connectivity index (χ4n) is 1.06. The number of imide groups is 1. The Hall–Kier alpha value is -1.61. The average Bonchev–Trinajstić information content (AvgIpc) is 2.22. The van der Waals surface area contributed by atoms with Crippen LogP contribution in [0.2, 0.25) is 5.02 Å². The van der Waals surface area contributed by atoms with Crippen LogP contribution >= 0.6 is 11.6 Å². The van der Waals surface area contributed by atoms with Crippen LogP contribution in [0.1, 0.15) is 6.92 Å². The van der Waals surface area contributed by atoms with Crippen molar-refractivity contribution in [1.82, 2.24) is 0 Å². The Morgan fingerprint density at radius 2 is 1.93 bits per heavy atom. The van der Waals surface area contributed by atoms with Gasteiger partial charge in [0.05, 0.1) is 5.69 Å². The zero-order valence-corrected chi connectivity index (χ0v) is 8.94. The zero-order valence-electron chi connectivity index (χ0n) is 8.18. The van der Waals surface area contributed by atoms with Crippen LogP contribution in [0.25, 0.3) is 0 Å². The summed E-state index contributed by atoms with van der Waals surface area (Å²) in [5.74, 6) is -0.380. The highest BCUT2D eigenvalue weighted by Crippen LogP contribution is 2.17. The summed E-state index contributed by atoms with van der Waals surface area (Å²) in [5, 5.41) is 0.558. The van der Waals surface area contributed by atoms with Crippen LogP contribution in [0.4, 0.5) is 5.69 Å². The van der Waals surface area contributed by atoms with Crippen molar-refractivity contribution in [3.8, 4) is 0 Å². The molecule has 1 rings (SSSR count).